The summed E-state index contributed by atoms with van der Waals surface area (Å²) in [4.78, 5) is 18.5. The molecule has 0 radical (unpaired) electrons. The van der Waals surface area contributed by atoms with Crippen LogP contribution in [0.1, 0.15) is 62.1 Å². The molecule has 1 unspecified atom stereocenters. The number of benzene rings is 3. The summed E-state index contributed by atoms with van der Waals surface area (Å²) < 4.78 is 22.2. The first-order valence-corrected chi connectivity index (χ1v) is 15.4. The summed E-state index contributed by atoms with van der Waals surface area (Å²) in [5.41, 5.74) is 5.10. The Kier molecular flexibility index (Phi) is 10.1. The second-order valence-corrected chi connectivity index (χ2v) is 11.1. The summed E-state index contributed by atoms with van der Waals surface area (Å²) >= 11 is 0. The van der Waals surface area contributed by atoms with Gasteiger partial charge in [-0.1, -0.05) is 56.5 Å². The fraction of sp³-hybridized carbons (Fsp3) is 0.375. The van der Waals surface area contributed by atoms with Gasteiger partial charge in [0.2, 0.25) is 6.79 Å². The number of allylic oxidation sites excluding steroid dienone is 1. The molecule has 1 atom stereocenters. The molecule has 1 fully saturated rings. The molecule has 1 aliphatic heterocycles. The summed E-state index contributed by atoms with van der Waals surface area (Å²) in [7, 11) is -2.49. The standard InChI is InChI=1S/C32H38NO7P/c1-2-29(24-12-17-30-31(18-24)39-21-38-30)32(23-10-15-28(16-11-23)40-41(35)36)22-8-13-27(14-9-22)37-20-26(34)19-33-25-6-4-3-5-7-25/h8-18,25-26,33-36H,2-7,19-21H2,1H3/b32-29+. The van der Waals surface area contributed by atoms with Gasteiger partial charge in [0, 0.05) is 12.6 Å². The van der Waals surface area contributed by atoms with Crippen LogP contribution < -0.4 is 24.1 Å². The molecular formula is C32H38NO7P. The Morgan fingerprint density at radius 1 is 0.878 bits per heavy atom. The molecular weight excluding hydrogens is 541 g/mol. The van der Waals surface area contributed by atoms with E-state index in [2.05, 4.69) is 12.2 Å². The fourth-order valence-electron chi connectivity index (χ4n) is 5.48. The molecule has 4 N–H and O–H groups in total. The first kappa shape index (κ1) is 29.4. The fourth-order valence-corrected chi connectivity index (χ4v) is 5.79. The molecule has 41 heavy (non-hydrogen) atoms. The smallest absolute Gasteiger partial charge is 0.391 e. The van der Waals surface area contributed by atoms with E-state index in [9.17, 15) is 14.9 Å². The number of aliphatic hydroxyl groups is 1. The van der Waals surface area contributed by atoms with E-state index in [4.69, 9.17) is 18.7 Å². The van der Waals surface area contributed by atoms with Crippen molar-refractivity contribution >= 4 is 19.7 Å². The van der Waals surface area contributed by atoms with Crippen LogP contribution in [0.5, 0.6) is 23.0 Å². The lowest BCUT2D eigenvalue weighted by atomic mass is 9.88. The van der Waals surface area contributed by atoms with Gasteiger partial charge in [0.1, 0.15) is 24.2 Å². The van der Waals surface area contributed by atoms with Crippen LogP contribution in [-0.4, -0.2) is 47.0 Å². The van der Waals surface area contributed by atoms with Gasteiger partial charge in [0.05, 0.1) is 0 Å². The predicted molar refractivity (Wildman–Crippen MR) is 160 cm³/mol. The number of aliphatic hydroxyl groups excluding tert-OH is 1. The van der Waals surface area contributed by atoms with E-state index in [-0.39, 0.29) is 13.4 Å². The van der Waals surface area contributed by atoms with Crippen molar-refractivity contribution in [2.75, 3.05) is 19.9 Å². The Hall–Kier alpha value is -3.13. The van der Waals surface area contributed by atoms with Crippen LogP contribution in [0.4, 0.5) is 0 Å². The lowest BCUT2D eigenvalue weighted by molar-refractivity contribution is 0.102. The molecule has 0 bridgehead atoms. The zero-order chi connectivity index (χ0) is 28.6. The molecule has 3 aromatic carbocycles. The summed E-state index contributed by atoms with van der Waals surface area (Å²) in [5, 5.41) is 13.9. The Labute approximate surface area is 242 Å². The zero-order valence-electron chi connectivity index (χ0n) is 23.3. The van der Waals surface area contributed by atoms with Crippen molar-refractivity contribution in [3.05, 3.63) is 83.4 Å². The second-order valence-electron chi connectivity index (χ2n) is 10.4. The van der Waals surface area contributed by atoms with Gasteiger partial charge in [-0.05, 0) is 83.5 Å². The van der Waals surface area contributed by atoms with Crippen molar-refractivity contribution in [3.63, 3.8) is 0 Å². The highest BCUT2D eigenvalue weighted by Crippen LogP contribution is 2.40. The first-order chi connectivity index (χ1) is 20.0. The van der Waals surface area contributed by atoms with Gasteiger partial charge >= 0.3 is 8.60 Å². The second kappa shape index (κ2) is 14.2. The molecule has 3 aromatic rings. The number of rotatable bonds is 12. The van der Waals surface area contributed by atoms with Gasteiger partial charge < -0.3 is 38.9 Å². The SMILES string of the molecule is CC/C(=C(/c1ccc(OCC(O)CNC2CCCCC2)cc1)c1ccc(OP(O)O)cc1)c1ccc2c(c1)OCO2. The number of ether oxygens (including phenoxy) is 3. The molecule has 1 saturated carbocycles. The van der Waals surface area contributed by atoms with Crippen LogP contribution in [0.25, 0.3) is 11.1 Å². The molecule has 5 rings (SSSR count). The minimum absolute atomic E-state index is 0.212. The average molecular weight is 580 g/mol. The molecule has 0 aromatic heterocycles. The van der Waals surface area contributed by atoms with Crippen molar-refractivity contribution in [2.24, 2.45) is 0 Å². The van der Waals surface area contributed by atoms with E-state index in [1.165, 1.54) is 32.1 Å². The van der Waals surface area contributed by atoms with Gasteiger partial charge in [0.15, 0.2) is 11.5 Å². The third-order valence-electron chi connectivity index (χ3n) is 7.54. The molecule has 1 aliphatic carbocycles. The van der Waals surface area contributed by atoms with E-state index in [1.54, 1.807) is 12.1 Å². The Morgan fingerprint density at radius 3 is 2.17 bits per heavy atom. The molecule has 9 heteroatoms. The maximum absolute atomic E-state index is 10.5. The summed E-state index contributed by atoms with van der Waals surface area (Å²) in [6, 6.07) is 21.6. The Bertz CT molecular complexity index is 1300. The van der Waals surface area contributed by atoms with Gasteiger partial charge in [-0.25, -0.2) is 0 Å². The molecule has 0 amide bonds. The minimum Gasteiger partial charge on any atom is -0.491 e. The highest BCUT2D eigenvalue weighted by atomic mass is 31.2. The number of hydrogen-bond donors (Lipinski definition) is 4. The monoisotopic (exact) mass is 579 g/mol. The molecule has 0 saturated heterocycles. The number of nitrogens with one attached hydrogen (secondary N) is 1. The largest absolute Gasteiger partial charge is 0.491 e. The average Bonchev–Trinajstić information content (AvgIpc) is 3.47. The van der Waals surface area contributed by atoms with Crippen LogP contribution >= 0.6 is 8.60 Å². The van der Waals surface area contributed by atoms with E-state index >= 15 is 0 Å². The number of fused-ring (bicyclic) bond motifs is 1. The normalized spacial score (nSPS) is 16.4. The predicted octanol–water partition coefficient (Wildman–Crippen LogP) is 6.04. The van der Waals surface area contributed by atoms with E-state index in [0.29, 0.717) is 24.1 Å². The van der Waals surface area contributed by atoms with Crippen molar-refractivity contribution < 1.29 is 33.6 Å². The van der Waals surface area contributed by atoms with Gasteiger partial charge in [-0.3, -0.25) is 0 Å². The van der Waals surface area contributed by atoms with Crippen LogP contribution in [-0.2, 0) is 0 Å². The van der Waals surface area contributed by atoms with Crippen molar-refractivity contribution in [1.82, 2.24) is 5.32 Å². The Morgan fingerprint density at radius 2 is 1.51 bits per heavy atom. The van der Waals surface area contributed by atoms with Crippen molar-refractivity contribution in [2.45, 2.75) is 57.6 Å². The molecule has 0 spiro atoms. The molecule has 1 heterocycles. The lowest BCUT2D eigenvalue weighted by Gasteiger charge is -2.24. The van der Waals surface area contributed by atoms with Crippen LogP contribution in [0.2, 0.25) is 0 Å². The summed E-state index contributed by atoms with van der Waals surface area (Å²) in [5.74, 6) is 2.52. The third kappa shape index (κ3) is 7.79. The lowest BCUT2D eigenvalue weighted by Crippen LogP contribution is -2.38. The first-order valence-electron chi connectivity index (χ1n) is 14.2. The quantitative estimate of drug-likeness (QED) is 0.152. The van der Waals surface area contributed by atoms with E-state index in [0.717, 1.165) is 45.8 Å². The van der Waals surface area contributed by atoms with Gasteiger partial charge in [-0.15, -0.1) is 0 Å². The third-order valence-corrected chi connectivity index (χ3v) is 7.91. The molecule has 218 valence electrons. The molecule has 2 aliphatic rings. The van der Waals surface area contributed by atoms with Crippen LogP contribution in [0, 0.1) is 0 Å². The van der Waals surface area contributed by atoms with Crippen LogP contribution in [0.3, 0.4) is 0 Å². The van der Waals surface area contributed by atoms with Gasteiger partial charge in [-0.2, -0.15) is 0 Å². The zero-order valence-corrected chi connectivity index (χ0v) is 24.2. The summed E-state index contributed by atoms with van der Waals surface area (Å²) in [6.07, 6.45) is 6.35. The topological polar surface area (TPSA) is 110 Å². The minimum atomic E-state index is -2.49. The molecule has 8 nitrogen and oxygen atoms in total. The van der Waals surface area contributed by atoms with Gasteiger partial charge in [0.25, 0.3) is 0 Å². The van der Waals surface area contributed by atoms with E-state index in [1.807, 2.05) is 54.6 Å². The van der Waals surface area contributed by atoms with Crippen molar-refractivity contribution in [3.8, 4) is 23.0 Å². The summed E-state index contributed by atoms with van der Waals surface area (Å²) in [6.45, 7) is 3.07. The van der Waals surface area contributed by atoms with E-state index < -0.39 is 14.7 Å². The highest BCUT2D eigenvalue weighted by molar-refractivity contribution is 7.39. The van der Waals surface area contributed by atoms with Crippen molar-refractivity contribution in [1.29, 1.82) is 0 Å². The number of hydrogen-bond acceptors (Lipinski definition) is 8. The van der Waals surface area contributed by atoms with Crippen LogP contribution in [0.15, 0.2) is 66.7 Å². The maximum atomic E-state index is 10.5. The maximum Gasteiger partial charge on any atom is 0.391 e. The highest BCUT2D eigenvalue weighted by Gasteiger charge is 2.19. The Balaban J connectivity index is 1.37.